The monoisotopic (exact) mass is 462 g/mol. The van der Waals surface area contributed by atoms with E-state index in [0.717, 1.165) is 51.2 Å². The molecule has 1 atom stereocenters. The second-order valence-electron chi connectivity index (χ2n) is 10.2. The molecule has 0 spiro atoms. The molecular weight excluding hydrogens is 428 g/mol. The third-order valence-corrected chi connectivity index (χ3v) is 7.71. The molecule has 0 aliphatic carbocycles. The van der Waals surface area contributed by atoms with E-state index < -0.39 is 0 Å². The van der Waals surface area contributed by atoms with Crippen LogP contribution in [-0.4, -0.2) is 38.0 Å². The zero-order chi connectivity index (χ0) is 24.6. The smallest absolute Gasteiger partial charge is 0.132 e. The van der Waals surface area contributed by atoms with Gasteiger partial charge in [0.2, 0.25) is 0 Å². The molecule has 1 unspecified atom stereocenters. The van der Waals surface area contributed by atoms with Crippen LogP contribution in [0, 0.1) is 13.8 Å². The lowest BCUT2D eigenvalue weighted by Crippen LogP contribution is -2.30. The highest BCUT2D eigenvalue weighted by molar-refractivity contribution is 5.95. The Kier molecular flexibility index (Phi) is 4.87. The molecule has 0 amide bonds. The molecule has 5 rings (SSSR count). The van der Waals surface area contributed by atoms with Gasteiger partial charge in [0.1, 0.15) is 23.0 Å². The summed E-state index contributed by atoms with van der Waals surface area (Å²) in [4.78, 5) is 3.76. The Morgan fingerprint density at radius 3 is 1.94 bits per heavy atom. The molecule has 6 nitrogen and oxygen atoms in total. The van der Waals surface area contributed by atoms with Crippen LogP contribution in [0.25, 0.3) is 21.8 Å². The van der Waals surface area contributed by atoms with E-state index in [4.69, 9.17) is 18.9 Å². The summed E-state index contributed by atoms with van der Waals surface area (Å²) in [6.07, 6.45) is 0.957. The number of ether oxygens (including phenoxy) is 4. The minimum absolute atomic E-state index is 0.0401. The second kappa shape index (κ2) is 7.36. The normalized spacial score (nSPS) is 19.0. The van der Waals surface area contributed by atoms with Crippen LogP contribution in [-0.2, 0) is 11.0 Å². The van der Waals surface area contributed by atoms with Gasteiger partial charge in [0, 0.05) is 51.8 Å². The van der Waals surface area contributed by atoms with Crippen molar-refractivity contribution in [2.24, 2.45) is 0 Å². The quantitative estimate of drug-likeness (QED) is 0.383. The molecule has 6 heteroatoms. The largest absolute Gasteiger partial charge is 0.497 e. The van der Waals surface area contributed by atoms with Crippen molar-refractivity contribution >= 4 is 21.8 Å². The van der Waals surface area contributed by atoms with E-state index in [2.05, 4.69) is 50.2 Å². The molecule has 0 radical (unpaired) electrons. The lowest BCUT2D eigenvalue weighted by atomic mass is 9.78. The zero-order valence-corrected chi connectivity index (χ0v) is 21.6. The van der Waals surface area contributed by atoms with Crippen molar-refractivity contribution in [3.63, 3.8) is 0 Å². The Morgan fingerprint density at radius 2 is 1.35 bits per heavy atom. The van der Waals surface area contributed by atoms with Gasteiger partial charge < -0.3 is 28.5 Å². The lowest BCUT2D eigenvalue weighted by Gasteiger charge is -2.30. The van der Waals surface area contributed by atoms with E-state index >= 15 is 0 Å². The number of rotatable bonds is 5. The third kappa shape index (κ3) is 2.80. The summed E-state index contributed by atoms with van der Waals surface area (Å²) in [7, 11) is 6.81. The minimum atomic E-state index is -0.315. The van der Waals surface area contributed by atoms with Gasteiger partial charge in [-0.25, -0.2) is 0 Å². The summed E-state index contributed by atoms with van der Waals surface area (Å²) in [5.74, 6) is 3.21. The van der Waals surface area contributed by atoms with Crippen molar-refractivity contribution < 1.29 is 18.9 Å². The summed E-state index contributed by atoms with van der Waals surface area (Å²) in [5.41, 5.74) is 6.75. The van der Waals surface area contributed by atoms with E-state index in [1.165, 1.54) is 22.5 Å². The summed E-state index contributed by atoms with van der Waals surface area (Å²) >= 11 is 0. The third-order valence-electron chi connectivity index (χ3n) is 7.71. The molecule has 3 heterocycles. The van der Waals surface area contributed by atoms with Gasteiger partial charge >= 0.3 is 0 Å². The lowest BCUT2D eigenvalue weighted by molar-refractivity contribution is 0.362. The van der Waals surface area contributed by atoms with Gasteiger partial charge in [0.15, 0.2) is 0 Å². The molecule has 2 aromatic carbocycles. The Hall–Kier alpha value is -3.28. The number of aromatic amines is 1. The first-order chi connectivity index (χ1) is 16.1. The molecule has 2 aromatic heterocycles. The number of aryl methyl sites for hydroxylation is 2. The SMILES string of the molecule is COc1cc(OC)c2c(C)c(C3(C)CC(C)(C)c4c(C)c5c(OC)cc(OC)cc5n43)[nH]c2c1. The van der Waals surface area contributed by atoms with Crippen LogP contribution in [0.2, 0.25) is 0 Å². The molecule has 4 aromatic rings. The summed E-state index contributed by atoms with van der Waals surface area (Å²) in [6, 6.07) is 8.10. The fraction of sp³-hybridized carbons (Fsp3) is 0.429. The van der Waals surface area contributed by atoms with Gasteiger partial charge in [-0.05, 0) is 38.3 Å². The van der Waals surface area contributed by atoms with Crippen LogP contribution in [0.1, 0.15) is 49.7 Å². The molecule has 180 valence electrons. The first-order valence-corrected chi connectivity index (χ1v) is 11.6. The maximum atomic E-state index is 5.83. The molecule has 0 saturated heterocycles. The maximum Gasteiger partial charge on any atom is 0.132 e. The highest BCUT2D eigenvalue weighted by Crippen LogP contribution is 2.55. The molecular formula is C28H34N2O4. The molecule has 34 heavy (non-hydrogen) atoms. The number of nitrogens with one attached hydrogen (secondary N) is 1. The first-order valence-electron chi connectivity index (χ1n) is 11.6. The fourth-order valence-corrected chi connectivity index (χ4v) is 6.61. The average Bonchev–Trinajstić information content (AvgIpc) is 3.40. The van der Waals surface area contributed by atoms with Gasteiger partial charge in [0.05, 0.1) is 45.0 Å². The van der Waals surface area contributed by atoms with Crippen LogP contribution in [0.4, 0.5) is 0 Å². The number of aromatic nitrogens is 2. The number of methoxy groups -OCH3 is 4. The number of nitrogens with zero attached hydrogens (tertiary/aromatic N) is 1. The molecule has 1 aliphatic rings. The first kappa shape index (κ1) is 22.5. The fourth-order valence-electron chi connectivity index (χ4n) is 6.61. The van der Waals surface area contributed by atoms with Gasteiger partial charge in [-0.2, -0.15) is 0 Å². The van der Waals surface area contributed by atoms with E-state index in [0.29, 0.717) is 0 Å². The van der Waals surface area contributed by atoms with E-state index in [-0.39, 0.29) is 11.0 Å². The van der Waals surface area contributed by atoms with Gasteiger partial charge in [-0.3, -0.25) is 0 Å². The Bertz CT molecular complexity index is 1440. The summed E-state index contributed by atoms with van der Waals surface area (Å²) in [6.45, 7) is 11.4. The van der Waals surface area contributed by atoms with Crippen LogP contribution in [0.5, 0.6) is 23.0 Å². The maximum absolute atomic E-state index is 5.83. The van der Waals surface area contributed by atoms with Gasteiger partial charge in [-0.15, -0.1) is 0 Å². The predicted molar refractivity (Wildman–Crippen MR) is 136 cm³/mol. The average molecular weight is 463 g/mol. The van der Waals surface area contributed by atoms with Crippen LogP contribution >= 0.6 is 0 Å². The highest BCUT2D eigenvalue weighted by atomic mass is 16.5. The molecule has 1 N–H and O–H groups in total. The van der Waals surface area contributed by atoms with Gasteiger partial charge in [-0.1, -0.05) is 13.8 Å². The topological polar surface area (TPSA) is 57.6 Å². The van der Waals surface area contributed by atoms with Crippen molar-refractivity contribution in [3.05, 3.63) is 46.8 Å². The minimum Gasteiger partial charge on any atom is -0.497 e. The van der Waals surface area contributed by atoms with Crippen molar-refractivity contribution in [2.45, 2.75) is 52.0 Å². The number of hydrogen-bond donors (Lipinski definition) is 1. The standard InChI is InChI=1S/C28H34N2O4/c1-15-23-19(10-17(31-6)12-21(23)33-8)29-25(15)28(5)14-27(3,4)26-16(2)24-20(30(26)28)11-18(32-7)13-22(24)34-9/h10-13,29H,14H2,1-9H3. The molecule has 1 aliphatic heterocycles. The number of H-pyrrole nitrogens is 1. The zero-order valence-electron chi connectivity index (χ0n) is 21.6. The van der Waals surface area contributed by atoms with Crippen LogP contribution in [0.15, 0.2) is 24.3 Å². The van der Waals surface area contributed by atoms with Crippen molar-refractivity contribution in [3.8, 4) is 23.0 Å². The van der Waals surface area contributed by atoms with Crippen molar-refractivity contribution in [2.75, 3.05) is 28.4 Å². The number of benzene rings is 2. The Morgan fingerprint density at radius 1 is 0.765 bits per heavy atom. The predicted octanol–water partition coefficient (Wildman–Crippen LogP) is 6.22. The number of hydrogen-bond acceptors (Lipinski definition) is 4. The highest BCUT2D eigenvalue weighted by Gasteiger charge is 2.50. The molecule has 0 fully saturated rings. The summed E-state index contributed by atoms with van der Waals surface area (Å²) in [5, 5.41) is 2.24. The van der Waals surface area contributed by atoms with E-state index in [1.807, 2.05) is 18.2 Å². The van der Waals surface area contributed by atoms with Gasteiger partial charge in [0.25, 0.3) is 0 Å². The van der Waals surface area contributed by atoms with E-state index in [1.54, 1.807) is 28.4 Å². The van der Waals surface area contributed by atoms with Crippen LogP contribution in [0.3, 0.4) is 0 Å². The van der Waals surface area contributed by atoms with E-state index in [9.17, 15) is 0 Å². The summed E-state index contributed by atoms with van der Waals surface area (Å²) < 4.78 is 25.3. The van der Waals surface area contributed by atoms with Crippen molar-refractivity contribution in [1.29, 1.82) is 0 Å². The second-order valence-corrected chi connectivity index (χ2v) is 10.2. The Balaban J connectivity index is 1.88. The van der Waals surface area contributed by atoms with Crippen molar-refractivity contribution in [1.82, 2.24) is 9.55 Å². The molecule has 0 bridgehead atoms. The number of fused-ring (bicyclic) bond motifs is 4. The van der Waals surface area contributed by atoms with Crippen LogP contribution < -0.4 is 18.9 Å². The Labute approximate surface area is 200 Å². The molecule has 0 saturated carbocycles.